The Morgan fingerprint density at radius 1 is 0.696 bits per heavy atom. The average Bonchev–Trinajstić information content (AvgIpc) is 3.38. The van der Waals surface area contributed by atoms with Crippen molar-refractivity contribution in [3.05, 3.63) is 0 Å². The monoisotopic (exact) mass is 648 g/mol. The number of hydrogen-bond donors (Lipinski definition) is 4. The first-order chi connectivity index (χ1) is 21.2. The van der Waals surface area contributed by atoms with Crippen molar-refractivity contribution in [2.75, 3.05) is 20.1 Å². The van der Waals surface area contributed by atoms with Gasteiger partial charge in [0, 0.05) is 25.6 Å². The molecular formula is C34H60N6O6. The summed E-state index contributed by atoms with van der Waals surface area (Å²) in [5, 5.41) is 11.2. The second kappa shape index (κ2) is 16.1. The number of likely N-dealkylation sites (tertiary alicyclic amines) is 2. The van der Waals surface area contributed by atoms with Gasteiger partial charge < -0.3 is 31.1 Å². The van der Waals surface area contributed by atoms with E-state index in [0.29, 0.717) is 25.9 Å². The lowest BCUT2D eigenvalue weighted by molar-refractivity contribution is -0.148. The molecule has 12 nitrogen and oxygen atoms in total. The van der Waals surface area contributed by atoms with Gasteiger partial charge in [0.25, 0.3) is 0 Å². The third-order valence-corrected chi connectivity index (χ3v) is 10.0. The molecular weight excluding hydrogens is 588 g/mol. The Morgan fingerprint density at radius 2 is 1.20 bits per heavy atom. The number of carbonyl (C=O) groups excluding carboxylic acids is 6. The largest absolute Gasteiger partial charge is 0.357 e. The first kappa shape index (κ1) is 39.0. The number of piperidine rings is 1. The van der Waals surface area contributed by atoms with E-state index in [2.05, 4.69) is 21.3 Å². The summed E-state index contributed by atoms with van der Waals surface area (Å²) in [5.74, 6) is -2.24. The van der Waals surface area contributed by atoms with Gasteiger partial charge in [-0.15, -0.1) is 0 Å². The van der Waals surface area contributed by atoms with Crippen LogP contribution in [-0.2, 0) is 28.8 Å². The quantitative estimate of drug-likeness (QED) is 0.254. The second-order valence-corrected chi connectivity index (χ2v) is 15.2. The molecule has 2 fully saturated rings. The van der Waals surface area contributed by atoms with Gasteiger partial charge in [-0.2, -0.15) is 0 Å². The third-order valence-electron chi connectivity index (χ3n) is 10.0. The number of nitrogens with one attached hydrogen (secondary N) is 4. The van der Waals surface area contributed by atoms with E-state index in [1.54, 1.807) is 6.92 Å². The molecule has 6 amide bonds. The average molecular weight is 649 g/mol. The molecule has 0 bridgehead atoms. The Labute approximate surface area is 275 Å². The van der Waals surface area contributed by atoms with E-state index in [1.165, 1.54) is 16.8 Å². The van der Waals surface area contributed by atoms with E-state index in [9.17, 15) is 28.8 Å². The molecule has 0 aromatic heterocycles. The van der Waals surface area contributed by atoms with Crippen molar-refractivity contribution in [2.24, 2.45) is 35.0 Å². The van der Waals surface area contributed by atoms with Crippen molar-refractivity contribution in [3.63, 3.8) is 0 Å². The van der Waals surface area contributed by atoms with Crippen LogP contribution in [0, 0.1) is 35.0 Å². The molecule has 2 aliphatic heterocycles. The van der Waals surface area contributed by atoms with Crippen LogP contribution in [0.5, 0.6) is 0 Å². The highest BCUT2D eigenvalue weighted by Gasteiger charge is 2.44. The highest BCUT2D eigenvalue weighted by Crippen LogP contribution is 2.28. The maximum atomic E-state index is 14.1. The molecule has 4 N–H and O–H groups in total. The van der Waals surface area contributed by atoms with Gasteiger partial charge in [-0.25, -0.2) is 0 Å². The first-order valence-corrected chi connectivity index (χ1v) is 17.0. The number of carbonyl (C=O) groups is 6. The maximum Gasteiger partial charge on any atom is 0.246 e. The highest BCUT2D eigenvalue weighted by molar-refractivity contribution is 5.97. The van der Waals surface area contributed by atoms with Crippen molar-refractivity contribution in [3.8, 4) is 0 Å². The molecule has 2 aliphatic rings. The van der Waals surface area contributed by atoms with Gasteiger partial charge in [-0.3, -0.25) is 28.8 Å². The molecule has 0 aromatic carbocycles. The third kappa shape index (κ3) is 9.21. The van der Waals surface area contributed by atoms with Crippen molar-refractivity contribution in [2.45, 2.75) is 126 Å². The van der Waals surface area contributed by atoms with Gasteiger partial charge in [-0.05, 0) is 55.8 Å². The minimum atomic E-state index is -0.925. The summed E-state index contributed by atoms with van der Waals surface area (Å²) in [6, 6.07) is -4.08. The van der Waals surface area contributed by atoms with E-state index in [1.807, 2.05) is 69.2 Å². The Hall–Kier alpha value is -3.18. The Balaban J connectivity index is 2.26. The maximum absolute atomic E-state index is 14.1. The predicted octanol–water partition coefficient (Wildman–Crippen LogP) is 2.07. The Bertz CT molecular complexity index is 1140. The summed E-state index contributed by atoms with van der Waals surface area (Å²) in [4.78, 5) is 83.5. The van der Waals surface area contributed by atoms with E-state index in [0.717, 1.165) is 6.42 Å². The van der Waals surface area contributed by atoms with Gasteiger partial charge >= 0.3 is 0 Å². The molecule has 0 spiro atoms. The van der Waals surface area contributed by atoms with Gasteiger partial charge in [0.2, 0.25) is 35.4 Å². The molecule has 12 heteroatoms. The molecule has 0 aliphatic carbocycles. The smallest absolute Gasteiger partial charge is 0.246 e. The lowest BCUT2D eigenvalue weighted by Gasteiger charge is -2.40. The van der Waals surface area contributed by atoms with E-state index >= 15 is 0 Å². The summed E-state index contributed by atoms with van der Waals surface area (Å²) >= 11 is 0. The highest BCUT2D eigenvalue weighted by atomic mass is 16.2. The summed E-state index contributed by atoms with van der Waals surface area (Å²) in [7, 11) is 1.51. The molecule has 2 heterocycles. The summed E-state index contributed by atoms with van der Waals surface area (Å²) in [5.41, 5.74) is -0.674. The van der Waals surface area contributed by atoms with Gasteiger partial charge in [-0.1, -0.05) is 69.2 Å². The first-order valence-electron chi connectivity index (χ1n) is 17.0. The topological polar surface area (TPSA) is 157 Å². The van der Waals surface area contributed by atoms with Crippen LogP contribution in [0.2, 0.25) is 0 Å². The second-order valence-electron chi connectivity index (χ2n) is 15.2. The van der Waals surface area contributed by atoms with Crippen LogP contribution in [-0.4, -0.2) is 95.6 Å². The fourth-order valence-corrected chi connectivity index (χ4v) is 6.03. The SMILES string of the molecule is CNC(=O)[C@@H](NC(=O)[C@@H]1CC(C)CN1C(=O)[C@@H](NC(=O)[C@@H]1CC(C)CCN1C(=O)[C@H](C)NC(=O)C(C)(C)C(C)C)C(C)C)C(C)C. The lowest BCUT2D eigenvalue weighted by atomic mass is 9.80. The zero-order valence-corrected chi connectivity index (χ0v) is 30.2. The minimum Gasteiger partial charge on any atom is -0.357 e. The zero-order chi connectivity index (χ0) is 35.3. The predicted molar refractivity (Wildman–Crippen MR) is 177 cm³/mol. The standard InChI is InChI=1S/C34H60N6O6/c1-18(2)26(30(43)35-12)37-29(42)25-16-22(8)17-40(25)32(45)27(19(3)4)38-28(41)24-15-21(7)13-14-39(24)31(44)23(9)36-33(46)34(10,11)20(5)6/h18-27H,13-17H2,1-12H3,(H,35,43)(H,36,46)(H,37,42)(H,38,41)/t21?,22?,23-,24-,25-,26-,27-/m0/s1. The Kier molecular flexibility index (Phi) is 13.6. The van der Waals surface area contributed by atoms with Crippen molar-refractivity contribution in [1.29, 1.82) is 0 Å². The normalized spacial score (nSPS) is 24.0. The molecule has 0 saturated carbocycles. The van der Waals surface area contributed by atoms with Gasteiger partial charge in [0.05, 0.1) is 0 Å². The fraction of sp³-hybridized carbons (Fsp3) is 0.824. The molecule has 262 valence electrons. The minimum absolute atomic E-state index is 0.0467. The summed E-state index contributed by atoms with van der Waals surface area (Å²) in [6.45, 7) is 21.3. The Morgan fingerprint density at radius 3 is 1.70 bits per heavy atom. The number of rotatable bonds is 12. The molecule has 7 atom stereocenters. The van der Waals surface area contributed by atoms with Crippen molar-refractivity contribution in [1.82, 2.24) is 31.1 Å². The number of amides is 6. The molecule has 0 radical (unpaired) electrons. The van der Waals surface area contributed by atoms with E-state index < -0.39 is 47.4 Å². The summed E-state index contributed by atoms with van der Waals surface area (Å²) in [6.07, 6.45) is 1.58. The number of likely N-dealkylation sites (N-methyl/N-ethyl adjacent to an activating group) is 1. The molecule has 2 saturated heterocycles. The summed E-state index contributed by atoms with van der Waals surface area (Å²) < 4.78 is 0. The van der Waals surface area contributed by atoms with Gasteiger partial charge in [0.1, 0.15) is 30.2 Å². The molecule has 46 heavy (non-hydrogen) atoms. The van der Waals surface area contributed by atoms with E-state index in [4.69, 9.17) is 0 Å². The van der Waals surface area contributed by atoms with Crippen LogP contribution in [0.15, 0.2) is 0 Å². The lowest BCUT2D eigenvalue weighted by Crippen LogP contribution is -2.62. The fourth-order valence-electron chi connectivity index (χ4n) is 6.03. The zero-order valence-electron chi connectivity index (χ0n) is 30.2. The van der Waals surface area contributed by atoms with E-state index in [-0.39, 0.29) is 53.2 Å². The van der Waals surface area contributed by atoms with Crippen LogP contribution < -0.4 is 21.3 Å². The van der Waals surface area contributed by atoms with Crippen molar-refractivity contribution < 1.29 is 28.8 Å². The van der Waals surface area contributed by atoms with Crippen LogP contribution in [0.4, 0.5) is 0 Å². The number of hydrogen-bond acceptors (Lipinski definition) is 6. The van der Waals surface area contributed by atoms with Crippen molar-refractivity contribution >= 4 is 35.4 Å². The van der Waals surface area contributed by atoms with Crippen LogP contribution >= 0.6 is 0 Å². The molecule has 0 aromatic rings. The van der Waals surface area contributed by atoms with Crippen LogP contribution in [0.1, 0.15) is 95.4 Å². The van der Waals surface area contributed by atoms with Gasteiger partial charge in [0.15, 0.2) is 0 Å². The number of nitrogens with zero attached hydrogens (tertiary/aromatic N) is 2. The van der Waals surface area contributed by atoms with Crippen LogP contribution in [0.25, 0.3) is 0 Å². The molecule has 2 unspecified atom stereocenters. The van der Waals surface area contributed by atoms with Crippen LogP contribution in [0.3, 0.4) is 0 Å². The molecule has 2 rings (SSSR count).